The lowest BCUT2D eigenvalue weighted by Crippen LogP contribution is -2.31. The lowest BCUT2D eigenvalue weighted by molar-refractivity contribution is -0.138. The summed E-state index contributed by atoms with van der Waals surface area (Å²) in [4.78, 5) is 40.7. The maximum atomic E-state index is 12.5. The van der Waals surface area contributed by atoms with Gasteiger partial charge in [-0.25, -0.2) is 4.98 Å². The van der Waals surface area contributed by atoms with Gasteiger partial charge in [-0.15, -0.1) is 0 Å². The van der Waals surface area contributed by atoms with E-state index in [1.54, 1.807) is 24.6 Å². The molecule has 0 aromatic carbocycles. The van der Waals surface area contributed by atoms with Gasteiger partial charge in [-0.2, -0.15) is 0 Å². The number of carboxylic acids is 1. The minimum Gasteiger partial charge on any atom is -0.481 e. The summed E-state index contributed by atoms with van der Waals surface area (Å²) in [6, 6.07) is 3.81. The summed E-state index contributed by atoms with van der Waals surface area (Å²) in [5.74, 6) is -1.30. The van der Waals surface area contributed by atoms with Crippen molar-refractivity contribution in [1.29, 1.82) is 0 Å². The molecule has 0 aliphatic carbocycles. The Morgan fingerprint density at radius 1 is 1.27 bits per heavy atom. The summed E-state index contributed by atoms with van der Waals surface area (Å²) in [6.07, 6.45) is 2.46. The number of aryl methyl sites for hydroxylation is 2. The molecule has 0 aliphatic rings. The topological polar surface area (TPSA) is 104 Å². The Kier molecular flexibility index (Phi) is 6.32. The number of fused-ring (bicyclic) bond motifs is 1. The number of carboxylic acid groups (broad SMARTS) is 1. The number of carbonyl (C=O) groups excluding carboxylic acids is 2. The van der Waals surface area contributed by atoms with Crippen molar-refractivity contribution < 1.29 is 19.5 Å². The number of carbonyl (C=O) groups is 3. The predicted octanol–water partition coefficient (Wildman–Crippen LogP) is 1.39. The molecule has 0 saturated heterocycles. The number of nitrogens with zero attached hydrogens (tertiary/aromatic N) is 3. The van der Waals surface area contributed by atoms with Crippen LogP contribution in [0.2, 0.25) is 0 Å². The van der Waals surface area contributed by atoms with Crippen LogP contribution in [-0.2, 0) is 9.59 Å². The molecule has 8 heteroatoms. The predicted molar refractivity (Wildman–Crippen MR) is 96.1 cm³/mol. The van der Waals surface area contributed by atoms with Gasteiger partial charge in [0, 0.05) is 32.8 Å². The zero-order valence-electron chi connectivity index (χ0n) is 15.3. The van der Waals surface area contributed by atoms with Crippen LogP contribution in [-0.4, -0.2) is 57.3 Å². The van der Waals surface area contributed by atoms with Gasteiger partial charge in [-0.1, -0.05) is 6.07 Å². The first-order chi connectivity index (χ1) is 12.3. The average molecular weight is 360 g/mol. The highest BCUT2D eigenvalue weighted by Gasteiger charge is 2.17. The molecule has 0 fully saturated rings. The maximum Gasteiger partial charge on any atom is 0.305 e. The van der Waals surface area contributed by atoms with Crippen LogP contribution in [0.15, 0.2) is 18.3 Å². The van der Waals surface area contributed by atoms with E-state index >= 15 is 0 Å². The van der Waals surface area contributed by atoms with Crippen LogP contribution in [0.4, 0.5) is 0 Å². The molecule has 0 aliphatic heterocycles. The summed E-state index contributed by atoms with van der Waals surface area (Å²) < 4.78 is 1.77. The Bertz CT molecular complexity index is 828. The van der Waals surface area contributed by atoms with Crippen molar-refractivity contribution in [3.63, 3.8) is 0 Å². The zero-order chi connectivity index (χ0) is 19.3. The molecule has 2 amide bonds. The summed E-state index contributed by atoms with van der Waals surface area (Å²) in [5.41, 5.74) is 2.89. The van der Waals surface area contributed by atoms with Crippen LogP contribution in [0.3, 0.4) is 0 Å². The van der Waals surface area contributed by atoms with Crippen LogP contribution in [0.25, 0.3) is 5.65 Å². The first-order valence-electron chi connectivity index (χ1n) is 8.49. The standard InChI is InChI=1S/C18H24N4O4/c1-12-6-5-10-22-16(13(2)20-17(12)22)18(26)19-9-4-7-14(23)21(3)11-8-15(24)25/h5-6,10H,4,7-9,11H2,1-3H3,(H,19,26)(H,24,25). The van der Waals surface area contributed by atoms with Crippen molar-refractivity contribution in [3.05, 3.63) is 35.3 Å². The van der Waals surface area contributed by atoms with Crippen LogP contribution in [0.5, 0.6) is 0 Å². The molecule has 2 N–H and O–H groups in total. The Balaban J connectivity index is 1.86. The molecule has 0 radical (unpaired) electrons. The lowest BCUT2D eigenvalue weighted by Gasteiger charge is -2.15. The van der Waals surface area contributed by atoms with Crippen LogP contribution in [0.1, 0.15) is 41.0 Å². The molecule has 26 heavy (non-hydrogen) atoms. The van der Waals surface area contributed by atoms with Crippen molar-refractivity contribution in [2.24, 2.45) is 0 Å². The molecule has 0 atom stereocenters. The molecule has 0 bridgehead atoms. The fourth-order valence-corrected chi connectivity index (χ4v) is 2.70. The van der Waals surface area contributed by atoms with E-state index < -0.39 is 5.97 Å². The first-order valence-corrected chi connectivity index (χ1v) is 8.49. The number of rotatable bonds is 8. The number of amides is 2. The van der Waals surface area contributed by atoms with E-state index in [-0.39, 0.29) is 31.2 Å². The van der Waals surface area contributed by atoms with Gasteiger partial charge < -0.3 is 15.3 Å². The fraction of sp³-hybridized carbons (Fsp3) is 0.444. The smallest absolute Gasteiger partial charge is 0.305 e. The third-order valence-corrected chi connectivity index (χ3v) is 4.17. The molecule has 140 valence electrons. The number of hydrogen-bond donors (Lipinski definition) is 2. The monoisotopic (exact) mass is 360 g/mol. The third kappa shape index (κ3) is 4.59. The maximum absolute atomic E-state index is 12.5. The van der Waals surface area contributed by atoms with E-state index in [4.69, 9.17) is 5.11 Å². The van der Waals surface area contributed by atoms with Crippen molar-refractivity contribution in [2.45, 2.75) is 33.1 Å². The van der Waals surface area contributed by atoms with Crippen LogP contribution >= 0.6 is 0 Å². The average Bonchev–Trinajstić information content (AvgIpc) is 2.93. The summed E-state index contributed by atoms with van der Waals surface area (Å²) >= 11 is 0. The minimum atomic E-state index is -0.935. The van der Waals surface area contributed by atoms with Gasteiger partial charge in [0.15, 0.2) is 0 Å². The van der Waals surface area contributed by atoms with Crippen LogP contribution < -0.4 is 5.32 Å². The lowest BCUT2D eigenvalue weighted by atomic mass is 10.2. The molecular formula is C18H24N4O4. The molecule has 2 aromatic rings. The van der Waals surface area contributed by atoms with Gasteiger partial charge in [0.1, 0.15) is 11.3 Å². The molecule has 0 unspecified atom stereocenters. The number of aliphatic carboxylic acids is 1. The van der Waals surface area contributed by atoms with Gasteiger partial charge >= 0.3 is 5.97 Å². The summed E-state index contributed by atoms with van der Waals surface area (Å²) in [5, 5.41) is 11.4. The highest BCUT2D eigenvalue weighted by atomic mass is 16.4. The first kappa shape index (κ1) is 19.4. The highest BCUT2D eigenvalue weighted by Crippen LogP contribution is 2.15. The van der Waals surface area contributed by atoms with E-state index in [0.29, 0.717) is 24.4 Å². The molecule has 2 rings (SSSR count). The van der Waals surface area contributed by atoms with E-state index in [0.717, 1.165) is 11.2 Å². The Morgan fingerprint density at radius 3 is 2.69 bits per heavy atom. The third-order valence-electron chi connectivity index (χ3n) is 4.17. The number of imidazole rings is 1. The van der Waals surface area contributed by atoms with Crippen LogP contribution in [0, 0.1) is 13.8 Å². The Labute approximate surface area is 151 Å². The Morgan fingerprint density at radius 2 is 2.00 bits per heavy atom. The van der Waals surface area contributed by atoms with Crippen molar-refractivity contribution in [3.8, 4) is 0 Å². The Hall–Kier alpha value is -2.90. The molecule has 0 saturated carbocycles. The van der Waals surface area contributed by atoms with E-state index in [9.17, 15) is 14.4 Å². The number of aromatic nitrogens is 2. The zero-order valence-corrected chi connectivity index (χ0v) is 15.3. The van der Waals surface area contributed by atoms with Gasteiger partial charge in [0.2, 0.25) is 5.91 Å². The van der Waals surface area contributed by atoms with Crippen molar-refractivity contribution >= 4 is 23.4 Å². The molecule has 0 spiro atoms. The van der Waals surface area contributed by atoms with Gasteiger partial charge in [0.05, 0.1) is 12.1 Å². The van der Waals surface area contributed by atoms with E-state index in [2.05, 4.69) is 10.3 Å². The highest BCUT2D eigenvalue weighted by molar-refractivity contribution is 5.94. The summed E-state index contributed by atoms with van der Waals surface area (Å²) in [6.45, 7) is 4.27. The normalized spacial score (nSPS) is 10.7. The van der Waals surface area contributed by atoms with Gasteiger partial charge in [-0.3, -0.25) is 18.8 Å². The van der Waals surface area contributed by atoms with Gasteiger partial charge in [0.25, 0.3) is 5.91 Å². The SMILES string of the molecule is Cc1nc2c(C)cccn2c1C(=O)NCCCC(=O)N(C)CCC(=O)O. The second-order valence-corrected chi connectivity index (χ2v) is 6.25. The van der Waals surface area contributed by atoms with Gasteiger partial charge in [-0.05, 0) is 31.9 Å². The number of nitrogens with one attached hydrogen (secondary N) is 1. The largest absolute Gasteiger partial charge is 0.481 e. The van der Waals surface area contributed by atoms with E-state index in [1.165, 1.54) is 4.90 Å². The van der Waals surface area contributed by atoms with E-state index in [1.807, 2.05) is 19.1 Å². The quantitative estimate of drug-likeness (QED) is 0.693. The molecule has 2 aromatic heterocycles. The van der Waals surface area contributed by atoms with Crippen molar-refractivity contribution in [2.75, 3.05) is 20.1 Å². The van der Waals surface area contributed by atoms with Crippen molar-refractivity contribution in [1.82, 2.24) is 19.6 Å². The molecular weight excluding hydrogens is 336 g/mol. The fourth-order valence-electron chi connectivity index (χ4n) is 2.70. The summed E-state index contributed by atoms with van der Waals surface area (Å²) in [7, 11) is 1.58. The second-order valence-electron chi connectivity index (χ2n) is 6.25. The number of pyridine rings is 1. The molecule has 8 nitrogen and oxygen atoms in total. The minimum absolute atomic E-state index is 0.0774. The molecule has 2 heterocycles. The second kappa shape index (κ2) is 8.46. The number of hydrogen-bond acceptors (Lipinski definition) is 4.